The molecule has 6 heteroatoms. The third-order valence-electron chi connectivity index (χ3n) is 3.82. The molecule has 6 nitrogen and oxygen atoms in total. The molecule has 0 amide bonds. The van der Waals surface area contributed by atoms with Crippen molar-refractivity contribution in [2.24, 2.45) is 0 Å². The largest absolute Gasteiger partial charge is 0.369 e. The van der Waals surface area contributed by atoms with Gasteiger partial charge in [-0.2, -0.15) is 10.4 Å². The van der Waals surface area contributed by atoms with Gasteiger partial charge in [0.15, 0.2) is 5.65 Å². The molecule has 0 aliphatic heterocycles. The molecule has 2 aromatic heterocycles. The van der Waals surface area contributed by atoms with E-state index in [1.54, 1.807) is 10.9 Å². The van der Waals surface area contributed by atoms with Crippen molar-refractivity contribution >= 4 is 16.9 Å². The molecule has 0 bridgehead atoms. The highest BCUT2D eigenvalue weighted by Gasteiger charge is 2.09. The van der Waals surface area contributed by atoms with Crippen LogP contribution < -0.4 is 5.32 Å². The number of aryl methyl sites for hydroxylation is 2. The second-order valence-corrected chi connectivity index (χ2v) is 5.34. The summed E-state index contributed by atoms with van der Waals surface area (Å²) >= 11 is 0. The Kier molecular flexibility index (Phi) is 4.48. The fourth-order valence-electron chi connectivity index (χ4n) is 2.56. The van der Waals surface area contributed by atoms with Gasteiger partial charge in [-0.15, -0.1) is 0 Å². The average molecular weight is 306 g/mol. The van der Waals surface area contributed by atoms with Crippen LogP contribution in [0.15, 0.2) is 36.8 Å². The zero-order chi connectivity index (χ0) is 16.1. The predicted octanol–water partition coefficient (Wildman–Crippen LogP) is 2.70. The van der Waals surface area contributed by atoms with Crippen LogP contribution in [0, 0.1) is 18.3 Å². The van der Waals surface area contributed by atoms with E-state index in [0.29, 0.717) is 13.0 Å². The van der Waals surface area contributed by atoms with Crippen molar-refractivity contribution in [1.82, 2.24) is 19.7 Å². The summed E-state index contributed by atoms with van der Waals surface area (Å²) in [5.74, 6) is 0.784. The fraction of sp³-hybridized carbons (Fsp3) is 0.294. The molecule has 0 radical (unpaired) electrons. The standard InChI is InChI=1S/C17H18N6/c1-13-5-2-3-6-14(13)7-9-19-16-15-11-22-23(10-4-8-18)17(15)21-12-20-16/h2-3,5-6,11-12H,4,7,9-10H2,1H3,(H,19,20,21). The first kappa shape index (κ1) is 15.0. The smallest absolute Gasteiger partial charge is 0.163 e. The van der Waals surface area contributed by atoms with Gasteiger partial charge in [0.2, 0.25) is 0 Å². The highest BCUT2D eigenvalue weighted by Crippen LogP contribution is 2.19. The first-order chi connectivity index (χ1) is 11.3. The molecule has 3 rings (SSSR count). The number of aromatic nitrogens is 4. The van der Waals surface area contributed by atoms with Crippen LogP contribution >= 0.6 is 0 Å². The number of hydrogen-bond donors (Lipinski definition) is 1. The normalized spacial score (nSPS) is 10.6. The van der Waals surface area contributed by atoms with Crippen LogP contribution in [0.5, 0.6) is 0 Å². The highest BCUT2D eigenvalue weighted by molar-refractivity contribution is 5.86. The van der Waals surface area contributed by atoms with Gasteiger partial charge >= 0.3 is 0 Å². The van der Waals surface area contributed by atoms with E-state index in [1.165, 1.54) is 17.5 Å². The lowest BCUT2D eigenvalue weighted by molar-refractivity contribution is 0.643. The molecule has 0 aliphatic rings. The summed E-state index contributed by atoms with van der Waals surface area (Å²) in [6, 6.07) is 10.5. The molecule has 116 valence electrons. The molecule has 0 aliphatic carbocycles. The van der Waals surface area contributed by atoms with Crippen molar-refractivity contribution < 1.29 is 0 Å². The number of hydrogen-bond acceptors (Lipinski definition) is 5. The number of fused-ring (bicyclic) bond motifs is 1. The Morgan fingerprint density at radius 2 is 2.13 bits per heavy atom. The second kappa shape index (κ2) is 6.88. The van der Waals surface area contributed by atoms with Crippen molar-refractivity contribution in [2.75, 3.05) is 11.9 Å². The maximum Gasteiger partial charge on any atom is 0.163 e. The Balaban J connectivity index is 1.72. The van der Waals surface area contributed by atoms with Gasteiger partial charge in [0.25, 0.3) is 0 Å². The highest BCUT2D eigenvalue weighted by atomic mass is 15.3. The number of rotatable bonds is 6. The zero-order valence-electron chi connectivity index (χ0n) is 13.0. The number of nitrogens with zero attached hydrogens (tertiary/aromatic N) is 5. The summed E-state index contributed by atoms with van der Waals surface area (Å²) < 4.78 is 1.74. The SMILES string of the molecule is Cc1ccccc1CCNc1ncnc2c1cnn2CCC#N. The van der Waals surface area contributed by atoms with E-state index >= 15 is 0 Å². The Hall–Kier alpha value is -2.94. The van der Waals surface area contributed by atoms with Gasteiger partial charge in [0.1, 0.15) is 12.1 Å². The lowest BCUT2D eigenvalue weighted by Crippen LogP contribution is -2.08. The van der Waals surface area contributed by atoms with Gasteiger partial charge in [-0.25, -0.2) is 14.6 Å². The molecule has 1 aromatic carbocycles. The van der Waals surface area contributed by atoms with Crippen molar-refractivity contribution in [3.05, 3.63) is 47.9 Å². The van der Waals surface area contributed by atoms with E-state index < -0.39 is 0 Å². The minimum absolute atomic E-state index is 0.414. The summed E-state index contributed by atoms with van der Waals surface area (Å²) in [5, 5.41) is 17.2. The molecule has 0 atom stereocenters. The first-order valence-corrected chi connectivity index (χ1v) is 7.61. The van der Waals surface area contributed by atoms with Crippen LogP contribution in [0.25, 0.3) is 11.0 Å². The van der Waals surface area contributed by atoms with E-state index in [9.17, 15) is 0 Å². The van der Waals surface area contributed by atoms with E-state index in [2.05, 4.69) is 57.6 Å². The predicted molar refractivity (Wildman–Crippen MR) is 88.9 cm³/mol. The van der Waals surface area contributed by atoms with Crippen LogP contribution in [-0.2, 0) is 13.0 Å². The molecule has 0 fully saturated rings. The van der Waals surface area contributed by atoms with Crippen molar-refractivity contribution in [2.45, 2.75) is 26.3 Å². The Morgan fingerprint density at radius 1 is 1.26 bits per heavy atom. The Labute approximate surface area is 134 Å². The number of nitrogens with one attached hydrogen (secondary N) is 1. The van der Waals surface area contributed by atoms with Gasteiger partial charge in [0.05, 0.1) is 30.6 Å². The average Bonchev–Trinajstić information content (AvgIpc) is 2.99. The number of nitriles is 1. The lowest BCUT2D eigenvalue weighted by Gasteiger charge is -2.08. The van der Waals surface area contributed by atoms with Crippen LogP contribution in [0.3, 0.4) is 0 Å². The van der Waals surface area contributed by atoms with E-state index in [0.717, 1.165) is 29.8 Å². The van der Waals surface area contributed by atoms with E-state index in [4.69, 9.17) is 5.26 Å². The number of benzene rings is 1. The Morgan fingerprint density at radius 3 is 2.96 bits per heavy atom. The van der Waals surface area contributed by atoms with Gasteiger partial charge in [-0.3, -0.25) is 0 Å². The van der Waals surface area contributed by atoms with Crippen LogP contribution in [0.1, 0.15) is 17.5 Å². The fourth-order valence-corrected chi connectivity index (χ4v) is 2.56. The second-order valence-electron chi connectivity index (χ2n) is 5.34. The molecule has 0 unspecified atom stereocenters. The first-order valence-electron chi connectivity index (χ1n) is 7.61. The minimum Gasteiger partial charge on any atom is -0.369 e. The summed E-state index contributed by atoms with van der Waals surface area (Å²) in [4.78, 5) is 8.59. The molecule has 23 heavy (non-hydrogen) atoms. The third kappa shape index (κ3) is 3.29. The monoisotopic (exact) mass is 306 g/mol. The van der Waals surface area contributed by atoms with Crippen molar-refractivity contribution in [3.8, 4) is 6.07 Å². The van der Waals surface area contributed by atoms with Gasteiger partial charge < -0.3 is 5.32 Å². The topological polar surface area (TPSA) is 79.4 Å². The molecule has 0 saturated carbocycles. The molecule has 0 saturated heterocycles. The van der Waals surface area contributed by atoms with Crippen LogP contribution in [-0.4, -0.2) is 26.3 Å². The number of anilines is 1. The third-order valence-corrected chi connectivity index (χ3v) is 3.82. The van der Waals surface area contributed by atoms with Crippen LogP contribution in [0.2, 0.25) is 0 Å². The van der Waals surface area contributed by atoms with Gasteiger partial charge in [-0.05, 0) is 24.5 Å². The maximum absolute atomic E-state index is 8.70. The van der Waals surface area contributed by atoms with Crippen molar-refractivity contribution in [1.29, 1.82) is 5.26 Å². The summed E-state index contributed by atoms with van der Waals surface area (Å²) in [5.41, 5.74) is 3.38. The maximum atomic E-state index is 8.70. The van der Waals surface area contributed by atoms with Crippen molar-refractivity contribution in [3.63, 3.8) is 0 Å². The molecular formula is C17H18N6. The van der Waals surface area contributed by atoms with Gasteiger partial charge in [0, 0.05) is 6.54 Å². The summed E-state index contributed by atoms with van der Waals surface area (Å²) in [6.07, 6.45) is 4.63. The zero-order valence-corrected chi connectivity index (χ0v) is 13.0. The van der Waals surface area contributed by atoms with Crippen LogP contribution in [0.4, 0.5) is 5.82 Å². The molecular weight excluding hydrogens is 288 g/mol. The Bertz CT molecular complexity index is 846. The summed E-state index contributed by atoms with van der Waals surface area (Å²) in [7, 11) is 0. The van der Waals surface area contributed by atoms with E-state index in [-0.39, 0.29) is 0 Å². The molecule has 1 N–H and O–H groups in total. The van der Waals surface area contributed by atoms with Gasteiger partial charge in [-0.1, -0.05) is 24.3 Å². The quantitative estimate of drug-likeness (QED) is 0.757. The molecule has 0 spiro atoms. The molecule has 3 aromatic rings. The lowest BCUT2D eigenvalue weighted by atomic mass is 10.1. The molecule has 2 heterocycles. The minimum atomic E-state index is 0.414. The van der Waals surface area contributed by atoms with E-state index in [1.807, 2.05) is 0 Å². The summed E-state index contributed by atoms with van der Waals surface area (Å²) in [6.45, 7) is 3.46.